The van der Waals surface area contributed by atoms with Gasteiger partial charge in [0.15, 0.2) is 0 Å². The van der Waals surface area contributed by atoms with Crippen molar-refractivity contribution in [3.05, 3.63) is 32.6 Å². The van der Waals surface area contributed by atoms with Gasteiger partial charge in [0.1, 0.15) is 5.82 Å². The first-order valence-corrected chi connectivity index (χ1v) is 10.6. The molecule has 0 radical (unpaired) electrons. The molecule has 1 saturated heterocycles. The summed E-state index contributed by atoms with van der Waals surface area (Å²) in [5.74, 6) is 0.911. The highest BCUT2D eigenvalue weighted by molar-refractivity contribution is 7.17. The molecule has 0 aliphatic carbocycles. The molecule has 140 valence electrons. The Morgan fingerprint density at radius 3 is 2.62 bits per heavy atom. The molecular formula is C18H25N5OS2. The largest absolute Gasteiger partial charge is 0.492 e. The smallest absolute Gasteiger partial charge is 0.230 e. The van der Waals surface area contributed by atoms with Gasteiger partial charge in [0.25, 0.3) is 0 Å². The highest BCUT2D eigenvalue weighted by Crippen LogP contribution is 2.43. The molecule has 1 N–H and O–H groups in total. The average Bonchev–Trinajstić information content (AvgIpc) is 3.27. The highest BCUT2D eigenvalue weighted by Gasteiger charge is 2.33. The fourth-order valence-corrected chi connectivity index (χ4v) is 6.11. The third-order valence-corrected chi connectivity index (χ3v) is 7.52. The van der Waals surface area contributed by atoms with Crippen molar-refractivity contribution in [2.45, 2.75) is 38.8 Å². The van der Waals surface area contributed by atoms with Crippen LogP contribution in [-0.4, -0.2) is 62.7 Å². The molecule has 1 aliphatic heterocycles. The van der Waals surface area contributed by atoms with Crippen LogP contribution in [0.25, 0.3) is 4.96 Å². The van der Waals surface area contributed by atoms with Crippen LogP contribution in [0.1, 0.15) is 40.0 Å². The number of likely N-dealkylation sites (tertiary alicyclic amines) is 1. The number of thiophene rings is 1. The molecule has 26 heavy (non-hydrogen) atoms. The number of rotatable bonds is 4. The predicted molar refractivity (Wildman–Crippen MR) is 106 cm³/mol. The maximum Gasteiger partial charge on any atom is 0.230 e. The van der Waals surface area contributed by atoms with Crippen LogP contribution in [0.2, 0.25) is 0 Å². The standard InChI is InChI=1S/C18H25N5OS2/c1-11-7-10-25-15(11)14(22(4)13-5-8-21(3)9-6-13)16-17(24)23-18(26-16)19-12(2)20-23/h7,10,13-14,24H,5-6,8-9H2,1-4H3. The van der Waals surface area contributed by atoms with Gasteiger partial charge in [-0.1, -0.05) is 11.3 Å². The molecule has 0 aromatic carbocycles. The van der Waals surface area contributed by atoms with Gasteiger partial charge in [-0.25, -0.2) is 4.98 Å². The minimum Gasteiger partial charge on any atom is -0.492 e. The first kappa shape index (κ1) is 17.9. The first-order chi connectivity index (χ1) is 12.5. The van der Waals surface area contributed by atoms with Crippen LogP contribution >= 0.6 is 22.7 Å². The van der Waals surface area contributed by atoms with E-state index in [-0.39, 0.29) is 11.9 Å². The molecule has 1 unspecified atom stereocenters. The number of fused-ring (bicyclic) bond motifs is 1. The van der Waals surface area contributed by atoms with Crippen LogP contribution in [0.5, 0.6) is 5.88 Å². The number of hydrogen-bond acceptors (Lipinski definition) is 7. The monoisotopic (exact) mass is 391 g/mol. The molecule has 8 heteroatoms. The van der Waals surface area contributed by atoms with E-state index in [4.69, 9.17) is 0 Å². The van der Waals surface area contributed by atoms with Crippen molar-refractivity contribution in [3.63, 3.8) is 0 Å². The fourth-order valence-electron chi connectivity index (χ4n) is 3.79. The predicted octanol–water partition coefficient (Wildman–Crippen LogP) is 3.29. The van der Waals surface area contributed by atoms with Gasteiger partial charge in [-0.3, -0.25) is 4.90 Å². The van der Waals surface area contributed by atoms with Crippen molar-refractivity contribution in [3.8, 4) is 5.88 Å². The Bertz CT molecular complexity index is 906. The lowest BCUT2D eigenvalue weighted by Gasteiger charge is -2.39. The molecule has 6 nitrogen and oxygen atoms in total. The SMILES string of the molecule is Cc1nc2sc(C(c3sccc3C)N(C)C3CCN(C)CC3)c(O)n2n1. The molecule has 1 fully saturated rings. The maximum absolute atomic E-state index is 10.9. The van der Waals surface area contributed by atoms with Gasteiger partial charge in [-0.2, -0.15) is 4.52 Å². The number of aryl methyl sites for hydroxylation is 2. The second kappa shape index (κ2) is 6.92. The quantitative estimate of drug-likeness (QED) is 0.740. The van der Waals surface area contributed by atoms with Gasteiger partial charge in [0.05, 0.1) is 10.9 Å². The summed E-state index contributed by atoms with van der Waals surface area (Å²) in [6, 6.07) is 2.70. The number of piperidine rings is 1. The maximum atomic E-state index is 10.9. The zero-order valence-electron chi connectivity index (χ0n) is 15.6. The molecule has 0 amide bonds. The Hall–Kier alpha value is -1.48. The molecule has 0 spiro atoms. The minimum atomic E-state index is 0.0391. The minimum absolute atomic E-state index is 0.0391. The number of thiazole rings is 1. The van der Waals surface area contributed by atoms with E-state index in [0.29, 0.717) is 11.9 Å². The van der Waals surface area contributed by atoms with Crippen molar-refractivity contribution < 1.29 is 5.11 Å². The summed E-state index contributed by atoms with van der Waals surface area (Å²) in [4.78, 5) is 12.3. The van der Waals surface area contributed by atoms with E-state index in [1.54, 1.807) is 27.2 Å². The van der Waals surface area contributed by atoms with Crippen LogP contribution < -0.4 is 0 Å². The normalized spacial score (nSPS) is 18.2. The number of nitrogens with zero attached hydrogens (tertiary/aromatic N) is 5. The van der Waals surface area contributed by atoms with Crippen LogP contribution in [0.3, 0.4) is 0 Å². The van der Waals surface area contributed by atoms with E-state index in [0.717, 1.165) is 35.8 Å². The highest BCUT2D eigenvalue weighted by atomic mass is 32.1. The second-order valence-corrected chi connectivity index (χ2v) is 9.17. The van der Waals surface area contributed by atoms with Crippen molar-refractivity contribution in [2.24, 2.45) is 0 Å². The van der Waals surface area contributed by atoms with Crippen LogP contribution in [0, 0.1) is 13.8 Å². The van der Waals surface area contributed by atoms with Crippen molar-refractivity contribution in [1.82, 2.24) is 24.4 Å². The zero-order chi connectivity index (χ0) is 18.4. The van der Waals surface area contributed by atoms with E-state index in [2.05, 4.69) is 52.3 Å². The summed E-state index contributed by atoms with van der Waals surface area (Å²) in [5, 5.41) is 17.4. The fraction of sp³-hybridized carbons (Fsp3) is 0.556. The van der Waals surface area contributed by atoms with Crippen LogP contribution in [-0.2, 0) is 0 Å². The lowest BCUT2D eigenvalue weighted by atomic mass is 10.00. The van der Waals surface area contributed by atoms with E-state index in [9.17, 15) is 5.11 Å². The van der Waals surface area contributed by atoms with E-state index in [1.807, 2.05) is 6.92 Å². The van der Waals surface area contributed by atoms with Gasteiger partial charge in [0, 0.05) is 10.9 Å². The molecule has 3 aromatic rings. The Kier molecular flexibility index (Phi) is 4.77. The molecule has 0 saturated carbocycles. The first-order valence-electron chi connectivity index (χ1n) is 8.95. The van der Waals surface area contributed by atoms with E-state index < -0.39 is 0 Å². The van der Waals surface area contributed by atoms with Gasteiger partial charge >= 0.3 is 0 Å². The summed E-state index contributed by atoms with van der Waals surface area (Å²) in [7, 11) is 4.38. The molecule has 3 aromatic heterocycles. The number of hydrogen-bond donors (Lipinski definition) is 1. The summed E-state index contributed by atoms with van der Waals surface area (Å²) in [6.07, 6.45) is 2.29. The van der Waals surface area contributed by atoms with Crippen LogP contribution in [0.15, 0.2) is 11.4 Å². The Balaban J connectivity index is 1.76. The summed E-state index contributed by atoms with van der Waals surface area (Å²) < 4.78 is 1.58. The molecule has 1 atom stereocenters. The van der Waals surface area contributed by atoms with Crippen LogP contribution in [0.4, 0.5) is 0 Å². The molecule has 4 heterocycles. The molecule has 0 bridgehead atoms. The van der Waals surface area contributed by atoms with Gasteiger partial charge < -0.3 is 10.0 Å². The van der Waals surface area contributed by atoms with Crippen molar-refractivity contribution >= 4 is 27.6 Å². The number of aromatic nitrogens is 3. The third-order valence-electron chi connectivity index (χ3n) is 5.38. The van der Waals surface area contributed by atoms with E-state index in [1.165, 1.54) is 10.4 Å². The zero-order valence-corrected chi connectivity index (χ0v) is 17.3. The third kappa shape index (κ3) is 3.05. The summed E-state index contributed by atoms with van der Waals surface area (Å²) in [5.41, 5.74) is 1.27. The summed E-state index contributed by atoms with van der Waals surface area (Å²) in [6.45, 7) is 6.24. The Labute approximate surface area is 161 Å². The second-order valence-electron chi connectivity index (χ2n) is 7.21. The lowest BCUT2D eigenvalue weighted by molar-refractivity contribution is 0.122. The topological polar surface area (TPSA) is 56.9 Å². The molecule has 4 rings (SSSR count). The molecule has 1 aliphatic rings. The van der Waals surface area contributed by atoms with Gasteiger partial charge in [-0.05, 0) is 70.9 Å². The Morgan fingerprint density at radius 2 is 2.00 bits per heavy atom. The van der Waals surface area contributed by atoms with Gasteiger partial charge in [0.2, 0.25) is 10.8 Å². The lowest BCUT2D eigenvalue weighted by Crippen LogP contribution is -2.43. The van der Waals surface area contributed by atoms with Crippen molar-refractivity contribution in [2.75, 3.05) is 27.2 Å². The summed E-state index contributed by atoms with van der Waals surface area (Å²) >= 11 is 3.31. The number of aromatic hydroxyl groups is 1. The van der Waals surface area contributed by atoms with Crippen molar-refractivity contribution in [1.29, 1.82) is 0 Å². The van der Waals surface area contributed by atoms with Gasteiger partial charge in [-0.15, -0.1) is 16.4 Å². The van der Waals surface area contributed by atoms with E-state index >= 15 is 0 Å². The molecular weight excluding hydrogens is 366 g/mol. The average molecular weight is 392 g/mol. The Morgan fingerprint density at radius 1 is 1.27 bits per heavy atom.